The van der Waals surface area contributed by atoms with Gasteiger partial charge >= 0.3 is 5.97 Å². The molecule has 0 radical (unpaired) electrons. The van der Waals surface area contributed by atoms with Crippen LogP contribution in [0.15, 0.2) is 60.7 Å². The Labute approximate surface area is 254 Å². The van der Waals surface area contributed by atoms with E-state index in [2.05, 4.69) is 12.2 Å². The van der Waals surface area contributed by atoms with Crippen LogP contribution in [-0.2, 0) is 36.8 Å². The molecule has 232 valence electrons. The van der Waals surface area contributed by atoms with Crippen molar-refractivity contribution in [3.05, 3.63) is 71.8 Å². The van der Waals surface area contributed by atoms with Crippen molar-refractivity contribution in [2.24, 2.45) is 5.92 Å². The fourth-order valence-electron chi connectivity index (χ4n) is 5.78. The summed E-state index contributed by atoms with van der Waals surface area (Å²) in [6, 6.07) is 13.8. The molecule has 0 saturated carbocycles. The van der Waals surface area contributed by atoms with Crippen LogP contribution >= 0.6 is 0 Å². The fraction of sp³-hybridized carbons (Fsp3) is 0.529. The molecule has 1 fully saturated rings. The molecular weight excluding hydrogens is 548 g/mol. The van der Waals surface area contributed by atoms with Gasteiger partial charge in [0.1, 0.15) is 18.8 Å². The minimum atomic E-state index is -0.856. The molecule has 2 aromatic rings. The lowest BCUT2D eigenvalue weighted by Crippen LogP contribution is -2.54. The van der Waals surface area contributed by atoms with Crippen LogP contribution in [0, 0.1) is 5.92 Å². The molecule has 0 spiro atoms. The molecule has 0 N–H and O–H groups in total. The zero-order valence-corrected chi connectivity index (χ0v) is 26.0. The molecule has 43 heavy (non-hydrogen) atoms. The van der Waals surface area contributed by atoms with Crippen molar-refractivity contribution in [1.82, 2.24) is 9.80 Å². The van der Waals surface area contributed by atoms with Crippen molar-refractivity contribution in [2.75, 3.05) is 21.2 Å². The quantitative estimate of drug-likeness (QED) is 0.259. The Balaban J connectivity index is 1.46. The van der Waals surface area contributed by atoms with Gasteiger partial charge in [0.05, 0.1) is 18.8 Å². The Bertz CT molecular complexity index is 1310. The molecule has 6 rings (SSSR count). The monoisotopic (exact) mass is 592 g/mol. The largest absolute Gasteiger partial charge is 0.493 e. The van der Waals surface area contributed by atoms with E-state index in [1.807, 2.05) is 81.2 Å². The van der Waals surface area contributed by atoms with Gasteiger partial charge in [-0.25, -0.2) is 4.79 Å². The van der Waals surface area contributed by atoms with Gasteiger partial charge in [-0.05, 0) is 82.3 Å². The van der Waals surface area contributed by atoms with E-state index >= 15 is 0 Å². The van der Waals surface area contributed by atoms with Crippen molar-refractivity contribution in [3.8, 4) is 11.5 Å². The summed E-state index contributed by atoms with van der Waals surface area (Å²) in [5.74, 6) is 0.766. The normalized spacial score (nSPS) is 27.4. The zero-order valence-electron chi connectivity index (χ0n) is 26.0. The van der Waals surface area contributed by atoms with Crippen LogP contribution in [0.25, 0.3) is 0 Å². The number of methoxy groups -OCH3 is 1. The third-order valence-corrected chi connectivity index (χ3v) is 8.27. The predicted molar refractivity (Wildman–Crippen MR) is 161 cm³/mol. The molecule has 3 heterocycles. The van der Waals surface area contributed by atoms with Crippen molar-refractivity contribution in [1.29, 1.82) is 0 Å². The summed E-state index contributed by atoms with van der Waals surface area (Å²) in [6.07, 6.45) is 5.86. The molecule has 0 aromatic heterocycles. The van der Waals surface area contributed by atoms with Gasteiger partial charge in [-0.15, -0.1) is 0 Å². The molecule has 1 saturated heterocycles. The molecule has 1 aliphatic carbocycles. The number of rotatable bonds is 7. The van der Waals surface area contributed by atoms with Crippen LogP contribution in [0.5, 0.6) is 11.5 Å². The highest BCUT2D eigenvalue weighted by molar-refractivity contribution is 5.87. The third kappa shape index (κ3) is 7.77. The fourth-order valence-corrected chi connectivity index (χ4v) is 5.78. The molecular formula is C34H44N2O7. The highest BCUT2D eigenvalue weighted by Crippen LogP contribution is 2.36. The maximum Gasteiger partial charge on any atom is 0.329 e. The van der Waals surface area contributed by atoms with Crippen LogP contribution in [-0.4, -0.2) is 79.2 Å². The van der Waals surface area contributed by atoms with E-state index < -0.39 is 24.3 Å². The maximum absolute atomic E-state index is 14.4. The first-order valence-electron chi connectivity index (χ1n) is 15.1. The van der Waals surface area contributed by atoms with E-state index in [0.29, 0.717) is 17.9 Å². The van der Waals surface area contributed by atoms with Crippen LogP contribution in [0.2, 0.25) is 0 Å². The van der Waals surface area contributed by atoms with E-state index in [0.717, 1.165) is 24.0 Å². The van der Waals surface area contributed by atoms with Gasteiger partial charge in [0, 0.05) is 13.5 Å². The van der Waals surface area contributed by atoms with Gasteiger partial charge in [-0.2, -0.15) is 0 Å². The lowest BCUT2D eigenvalue weighted by atomic mass is 9.87. The van der Waals surface area contributed by atoms with Gasteiger partial charge in [0.15, 0.2) is 24.0 Å². The maximum atomic E-state index is 14.4. The molecule has 2 aromatic carbocycles. The second kappa shape index (κ2) is 13.1. The van der Waals surface area contributed by atoms with Crippen LogP contribution in [0.1, 0.15) is 51.2 Å². The first-order chi connectivity index (χ1) is 20.5. The standard InChI is InChI=1S/C34H44N2O7/c1-34(2,3)43-33-31(42-33)36(5)26-18-22-12-15-25(16-13-22)41-29-20-24(14-17-28(29)39-6)19-27(35(4)30(26)37)32(38)40-21-23-10-8-7-9-11-23/h7-12,14-15,17,20,22,25-27,31,33H,13,16,18-19,21H2,1-6H3. The Hall–Kier alpha value is -3.40. The number of hydrogen-bond acceptors (Lipinski definition) is 8. The summed E-state index contributed by atoms with van der Waals surface area (Å²) in [6.45, 7) is 6.06. The summed E-state index contributed by atoms with van der Waals surface area (Å²) in [7, 11) is 5.20. The average molecular weight is 593 g/mol. The highest BCUT2D eigenvalue weighted by Gasteiger charge is 2.50. The molecule has 4 bridgehead atoms. The predicted octanol–water partition coefficient (Wildman–Crippen LogP) is 4.72. The Morgan fingerprint density at radius 1 is 1.09 bits per heavy atom. The summed E-state index contributed by atoms with van der Waals surface area (Å²) in [5, 5.41) is 0. The van der Waals surface area contributed by atoms with Crippen molar-refractivity contribution < 1.29 is 33.3 Å². The highest BCUT2D eigenvalue weighted by atomic mass is 16.8. The number of benzene rings is 2. The first kappa shape index (κ1) is 31.0. The minimum Gasteiger partial charge on any atom is -0.493 e. The molecule has 4 aliphatic rings. The third-order valence-electron chi connectivity index (χ3n) is 8.27. The number of likely N-dealkylation sites (N-methyl/N-ethyl adjacent to an activating group) is 2. The number of ether oxygens (including phenoxy) is 5. The Morgan fingerprint density at radius 2 is 1.86 bits per heavy atom. The van der Waals surface area contributed by atoms with Crippen LogP contribution < -0.4 is 9.47 Å². The number of esters is 1. The number of epoxide rings is 1. The van der Waals surface area contributed by atoms with Gasteiger partial charge in [0.2, 0.25) is 5.91 Å². The first-order valence-corrected chi connectivity index (χ1v) is 15.1. The second-order valence-electron chi connectivity index (χ2n) is 12.7. The van der Waals surface area contributed by atoms with Gasteiger partial charge in [-0.1, -0.05) is 42.5 Å². The summed E-state index contributed by atoms with van der Waals surface area (Å²) >= 11 is 0. The molecule has 9 heteroatoms. The summed E-state index contributed by atoms with van der Waals surface area (Å²) in [4.78, 5) is 31.6. The number of allylic oxidation sites excluding steroid dienone is 1. The summed E-state index contributed by atoms with van der Waals surface area (Å²) in [5.41, 5.74) is 1.33. The van der Waals surface area contributed by atoms with E-state index in [4.69, 9.17) is 23.7 Å². The Morgan fingerprint density at radius 3 is 2.53 bits per heavy atom. The number of amides is 1. The van der Waals surface area contributed by atoms with Crippen molar-refractivity contribution in [3.63, 3.8) is 0 Å². The summed E-state index contributed by atoms with van der Waals surface area (Å²) < 4.78 is 29.7. The smallest absolute Gasteiger partial charge is 0.329 e. The number of carbonyl (C=O) groups excluding carboxylic acids is 2. The lowest BCUT2D eigenvalue weighted by molar-refractivity contribution is -0.157. The van der Waals surface area contributed by atoms with Gasteiger partial charge < -0.3 is 28.6 Å². The van der Waals surface area contributed by atoms with Crippen molar-refractivity contribution >= 4 is 11.9 Å². The molecule has 1 amide bonds. The topological polar surface area (TPSA) is 90.1 Å². The number of fused-ring (bicyclic) bond motifs is 6. The van der Waals surface area contributed by atoms with Crippen LogP contribution in [0.3, 0.4) is 0 Å². The zero-order chi connectivity index (χ0) is 30.7. The minimum absolute atomic E-state index is 0.110. The lowest BCUT2D eigenvalue weighted by Gasteiger charge is -2.36. The average Bonchev–Trinajstić information content (AvgIpc) is 3.75. The molecule has 3 aliphatic heterocycles. The number of carbonyl (C=O) groups is 2. The van der Waals surface area contributed by atoms with Crippen molar-refractivity contribution in [2.45, 2.75) is 89.4 Å². The van der Waals surface area contributed by atoms with Gasteiger partial charge in [0.25, 0.3) is 0 Å². The number of hydrogen-bond donors (Lipinski definition) is 0. The second-order valence-corrected chi connectivity index (χ2v) is 12.7. The molecule has 9 nitrogen and oxygen atoms in total. The Kier molecular flexibility index (Phi) is 9.44. The van der Waals surface area contributed by atoms with Gasteiger partial charge in [-0.3, -0.25) is 9.69 Å². The van der Waals surface area contributed by atoms with E-state index in [-0.39, 0.29) is 42.8 Å². The SMILES string of the molecule is COc1ccc2cc1OC1C=CC(CC1)CC(N(C)C1OC1OC(C)(C)C)C(=O)N(C)C(C(=O)OCc1ccccc1)C2. The van der Waals surface area contributed by atoms with E-state index in [9.17, 15) is 9.59 Å². The molecule has 6 unspecified atom stereocenters. The molecule has 6 atom stereocenters. The van der Waals surface area contributed by atoms with E-state index in [1.165, 1.54) is 0 Å². The van der Waals surface area contributed by atoms with E-state index in [1.54, 1.807) is 19.1 Å². The number of nitrogens with zero attached hydrogens (tertiary/aromatic N) is 2. The van der Waals surface area contributed by atoms with Crippen LogP contribution in [0.4, 0.5) is 0 Å².